The Labute approximate surface area is 115 Å². The molecular formula is C14H14N4O2. The minimum atomic E-state index is -0.174. The van der Waals surface area contributed by atoms with Crippen LogP contribution in [0.3, 0.4) is 0 Å². The van der Waals surface area contributed by atoms with Gasteiger partial charge in [-0.05, 0) is 13.8 Å². The highest BCUT2D eigenvalue weighted by Gasteiger charge is 2.15. The first-order chi connectivity index (χ1) is 9.70. The van der Waals surface area contributed by atoms with Crippen LogP contribution in [0.4, 0.5) is 0 Å². The van der Waals surface area contributed by atoms with Gasteiger partial charge in [-0.1, -0.05) is 30.3 Å². The molecule has 0 aliphatic carbocycles. The molecule has 2 aromatic heterocycles. The van der Waals surface area contributed by atoms with Gasteiger partial charge in [0.1, 0.15) is 0 Å². The quantitative estimate of drug-likeness (QED) is 0.787. The predicted octanol–water partition coefficient (Wildman–Crippen LogP) is 1.79. The summed E-state index contributed by atoms with van der Waals surface area (Å²) < 4.78 is 6.90. The molecule has 6 nitrogen and oxygen atoms in total. The number of hydrogen-bond acceptors (Lipinski definition) is 4. The summed E-state index contributed by atoms with van der Waals surface area (Å²) in [7, 11) is 0. The van der Waals surface area contributed by atoms with E-state index in [4.69, 9.17) is 4.74 Å². The van der Waals surface area contributed by atoms with Crippen LogP contribution in [0, 0.1) is 6.92 Å². The number of hydrogen-bond donors (Lipinski definition) is 1. The van der Waals surface area contributed by atoms with Gasteiger partial charge in [0.2, 0.25) is 5.78 Å². The number of fused-ring (bicyclic) bond motifs is 1. The smallest absolute Gasteiger partial charge is 0.337 e. The summed E-state index contributed by atoms with van der Waals surface area (Å²) in [6, 6.07) is 9.89. The minimum Gasteiger partial charge on any atom is -0.463 e. The number of nitrogens with one attached hydrogen (secondary N) is 1. The van der Waals surface area contributed by atoms with E-state index in [-0.39, 0.29) is 11.6 Å². The third-order valence-electron chi connectivity index (χ3n) is 3.04. The second kappa shape index (κ2) is 4.80. The summed E-state index contributed by atoms with van der Waals surface area (Å²) in [5.41, 5.74) is 2.06. The van der Waals surface area contributed by atoms with Crippen molar-refractivity contribution in [1.82, 2.24) is 19.6 Å². The lowest BCUT2D eigenvalue weighted by atomic mass is 10.1. The summed E-state index contributed by atoms with van der Waals surface area (Å²) in [5.74, 6) is 0.378. The molecule has 3 aromatic rings. The fourth-order valence-corrected chi connectivity index (χ4v) is 2.12. The Balaban J connectivity index is 2.33. The average molecular weight is 270 g/mol. The third-order valence-corrected chi connectivity index (χ3v) is 3.04. The second-order valence-corrected chi connectivity index (χ2v) is 4.36. The Hall–Kier alpha value is -2.63. The molecule has 0 fully saturated rings. The van der Waals surface area contributed by atoms with E-state index >= 15 is 0 Å². The van der Waals surface area contributed by atoms with Crippen LogP contribution < -0.4 is 10.3 Å². The molecule has 0 radical (unpaired) electrons. The van der Waals surface area contributed by atoms with Crippen LogP contribution in [-0.4, -0.2) is 26.2 Å². The van der Waals surface area contributed by atoms with Crippen LogP contribution >= 0.6 is 0 Å². The van der Waals surface area contributed by atoms with Gasteiger partial charge in [-0.15, -0.1) is 5.10 Å². The largest absolute Gasteiger partial charge is 0.463 e. The first kappa shape index (κ1) is 12.4. The van der Waals surface area contributed by atoms with E-state index in [2.05, 4.69) is 15.1 Å². The van der Waals surface area contributed by atoms with Crippen LogP contribution in [0.2, 0.25) is 0 Å². The van der Waals surface area contributed by atoms with Crippen molar-refractivity contribution in [3.8, 4) is 17.3 Å². The van der Waals surface area contributed by atoms with Crippen LogP contribution in [0.5, 0.6) is 6.01 Å². The lowest BCUT2D eigenvalue weighted by Gasteiger charge is -2.06. The highest BCUT2D eigenvalue weighted by atomic mass is 16.5. The van der Waals surface area contributed by atoms with E-state index in [0.717, 1.165) is 11.3 Å². The second-order valence-electron chi connectivity index (χ2n) is 4.36. The molecule has 0 spiro atoms. The molecule has 3 rings (SSSR count). The summed E-state index contributed by atoms with van der Waals surface area (Å²) in [4.78, 5) is 18.9. The zero-order chi connectivity index (χ0) is 14.1. The van der Waals surface area contributed by atoms with Gasteiger partial charge in [-0.2, -0.15) is 9.50 Å². The number of nitrogens with zero attached hydrogens (tertiary/aromatic N) is 3. The Bertz CT molecular complexity index is 805. The lowest BCUT2D eigenvalue weighted by Crippen LogP contribution is -2.15. The molecule has 0 amide bonds. The van der Waals surface area contributed by atoms with Crippen LogP contribution in [0.25, 0.3) is 17.0 Å². The molecule has 2 heterocycles. The molecule has 0 saturated heterocycles. The molecule has 6 heteroatoms. The van der Waals surface area contributed by atoms with E-state index < -0.39 is 0 Å². The summed E-state index contributed by atoms with van der Waals surface area (Å²) >= 11 is 0. The van der Waals surface area contributed by atoms with Gasteiger partial charge in [0, 0.05) is 11.1 Å². The average Bonchev–Trinajstić information content (AvgIpc) is 2.83. The Kier molecular flexibility index (Phi) is 2.98. The highest BCUT2D eigenvalue weighted by molar-refractivity contribution is 5.64. The number of ether oxygens (including phenoxy) is 1. The zero-order valence-electron chi connectivity index (χ0n) is 11.3. The van der Waals surface area contributed by atoms with E-state index in [1.165, 1.54) is 0 Å². The maximum atomic E-state index is 12.0. The predicted molar refractivity (Wildman–Crippen MR) is 74.9 cm³/mol. The maximum absolute atomic E-state index is 12.0. The van der Waals surface area contributed by atoms with Crippen molar-refractivity contribution in [2.24, 2.45) is 0 Å². The molecular weight excluding hydrogens is 256 g/mol. The van der Waals surface area contributed by atoms with Crippen molar-refractivity contribution in [2.45, 2.75) is 13.8 Å². The van der Waals surface area contributed by atoms with Gasteiger partial charge < -0.3 is 4.74 Å². The number of rotatable bonds is 3. The molecule has 0 aliphatic heterocycles. The lowest BCUT2D eigenvalue weighted by molar-refractivity contribution is 0.313. The first-order valence-electron chi connectivity index (χ1n) is 6.38. The van der Waals surface area contributed by atoms with Crippen molar-refractivity contribution < 1.29 is 4.74 Å². The Morgan fingerprint density at radius 3 is 2.75 bits per heavy atom. The van der Waals surface area contributed by atoms with Crippen molar-refractivity contribution in [2.75, 3.05) is 6.61 Å². The van der Waals surface area contributed by atoms with Gasteiger partial charge in [0.05, 0.1) is 12.3 Å². The van der Waals surface area contributed by atoms with E-state index in [1.54, 1.807) is 11.4 Å². The van der Waals surface area contributed by atoms with Crippen LogP contribution in [-0.2, 0) is 0 Å². The number of H-pyrrole nitrogens is 1. The SMILES string of the molecule is CCOc1nc2[nH]c(=O)c(C)c(-c3ccccc3)n2n1. The van der Waals surface area contributed by atoms with E-state index in [9.17, 15) is 4.79 Å². The molecule has 0 unspecified atom stereocenters. The minimum absolute atomic E-state index is 0.174. The van der Waals surface area contributed by atoms with Crippen molar-refractivity contribution in [3.05, 3.63) is 46.2 Å². The van der Waals surface area contributed by atoms with Gasteiger partial charge in [-0.3, -0.25) is 9.78 Å². The van der Waals surface area contributed by atoms with E-state index in [1.807, 2.05) is 37.3 Å². The van der Waals surface area contributed by atoms with Gasteiger partial charge in [0.25, 0.3) is 5.56 Å². The summed E-state index contributed by atoms with van der Waals surface area (Å²) in [6.07, 6.45) is 0. The number of aromatic nitrogens is 4. The summed E-state index contributed by atoms with van der Waals surface area (Å²) in [5, 5.41) is 4.29. The van der Waals surface area contributed by atoms with Crippen LogP contribution in [0.1, 0.15) is 12.5 Å². The molecule has 0 atom stereocenters. The number of benzene rings is 1. The zero-order valence-corrected chi connectivity index (χ0v) is 11.3. The topological polar surface area (TPSA) is 72.3 Å². The monoisotopic (exact) mass is 270 g/mol. The van der Waals surface area contributed by atoms with Gasteiger partial charge in [0.15, 0.2) is 0 Å². The van der Waals surface area contributed by atoms with Gasteiger partial charge in [-0.25, -0.2) is 0 Å². The number of aromatic amines is 1. The molecule has 20 heavy (non-hydrogen) atoms. The fraction of sp³-hybridized carbons (Fsp3) is 0.214. The standard InChI is InChI=1S/C14H14N4O2/c1-3-20-14-16-13-15-12(19)9(2)11(18(13)17-14)10-7-5-4-6-8-10/h4-8H,3H2,1-2H3,(H,15,16,17,19). The molecule has 102 valence electrons. The normalized spacial score (nSPS) is 10.9. The third kappa shape index (κ3) is 1.95. The maximum Gasteiger partial charge on any atom is 0.337 e. The Morgan fingerprint density at radius 2 is 2.05 bits per heavy atom. The van der Waals surface area contributed by atoms with Crippen molar-refractivity contribution in [1.29, 1.82) is 0 Å². The summed E-state index contributed by atoms with van der Waals surface area (Å²) in [6.45, 7) is 4.10. The molecule has 0 saturated carbocycles. The van der Waals surface area contributed by atoms with Gasteiger partial charge >= 0.3 is 6.01 Å². The molecule has 1 N–H and O–H groups in total. The first-order valence-corrected chi connectivity index (χ1v) is 6.38. The van der Waals surface area contributed by atoms with Crippen molar-refractivity contribution in [3.63, 3.8) is 0 Å². The molecule has 1 aromatic carbocycles. The highest BCUT2D eigenvalue weighted by Crippen LogP contribution is 2.21. The van der Waals surface area contributed by atoms with Crippen molar-refractivity contribution >= 4 is 5.78 Å². The molecule has 0 aliphatic rings. The van der Waals surface area contributed by atoms with E-state index in [0.29, 0.717) is 17.9 Å². The molecule has 0 bridgehead atoms. The van der Waals surface area contributed by atoms with Crippen LogP contribution in [0.15, 0.2) is 35.1 Å². The Morgan fingerprint density at radius 1 is 1.30 bits per heavy atom. The fourth-order valence-electron chi connectivity index (χ4n) is 2.12.